The average molecular weight is 267 g/mol. The highest BCUT2D eigenvalue weighted by molar-refractivity contribution is 5.67. The lowest BCUT2D eigenvalue weighted by atomic mass is 9.90. The minimum atomic E-state index is -0.229. The quantitative estimate of drug-likeness (QED) is 0.765. The summed E-state index contributed by atoms with van der Waals surface area (Å²) in [5.74, 6) is 0. The van der Waals surface area contributed by atoms with Gasteiger partial charge in [-0.3, -0.25) is 4.90 Å². The van der Waals surface area contributed by atoms with Gasteiger partial charge < -0.3 is 9.64 Å². The van der Waals surface area contributed by atoms with Crippen LogP contribution in [0.15, 0.2) is 0 Å². The number of hydrogen-bond donors (Lipinski definition) is 0. The fourth-order valence-electron chi connectivity index (χ4n) is 2.17. The van der Waals surface area contributed by atoms with Crippen LogP contribution in [0, 0.1) is 16.7 Å². The number of nitriles is 1. The zero-order valence-electron chi connectivity index (χ0n) is 12.3. The summed E-state index contributed by atoms with van der Waals surface area (Å²) < 4.78 is 4.99. The Morgan fingerprint density at radius 2 is 1.95 bits per heavy atom. The molecule has 1 aliphatic heterocycles. The van der Waals surface area contributed by atoms with E-state index >= 15 is 0 Å². The molecule has 0 radical (unpaired) electrons. The number of piperazine rings is 1. The van der Waals surface area contributed by atoms with Crippen LogP contribution in [0.2, 0.25) is 0 Å². The van der Waals surface area contributed by atoms with E-state index in [0.29, 0.717) is 6.61 Å². The molecule has 1 aliphatic rings. The zero-order chi connectivity index (χ0) is 14.3. The van der Waals surface area contributed by atoms with Crippen LogP contribution in [0.1, 0.15) is 33.6 Å². The van der Waals surface area contributed by atoms with E-state index in [0.717, 1.165) is 45.6 Å². The van der Waals surface area contributed by atoms with Gasteiger partial charge in [0.1, 0.15) is 0 Å². The zero-order valence-corrected chi connectivity index (χ0v) is 12.3. The highest BCUT2D eigenvalue weighted by Gasteiger charge is 2.22. The van der Waals surface area contributed by atoms with E-state index in [2.05, 4.69) is 11.0 Å². The van der Waals surface area contributed by atoms with E-state index in [9.17, 15) is 4.79 Å². The van der Waals surface area contributed by atoms with Crippen molar-refractivity contribution in [3.8, 4) is 6.07 Å². The van der Waals surface area contributed by atoms with Crippen LogP contribution in [-0.2, 0) is 4.74 Å². The van der Waals surface area contributed by atoms with Crippen LogP contribution in [0.3, 0.4) is 0 Å². The Morgan fingerprint density at radius 1 is 1.32 bits per heavy atom. The maximum Gasteiger partial charge on any atom is 0.409 e. The predicted molar refractivity (Wildman–Crippen MR) is 73.7 cm³/mol. The summed E-state index contributed by atoms with van der Waals surface area (Å²) >= 11 is 0. The lowest BCUT2D eigenvalue weighted by molar-refractivity contribution is 0.0787. The molecule has 0 atom stereocenters. The Labute approximate surface area is 116 Å². The number of amides is 1. The largest absolute Gasteiger partial charge is 0.450 e. The molecular weight excluding hydrogens is 242 g/mol. The highest BCUT2D eigenvalue weighted by Crippen LogP contribution is 2.20. The monoisotopic (exact) mass is 267 g/mol. The van der Waals surface area contributed by atoms with Crippen LogP contribution >= 0.6 is 0 Å². The van der Waals surface area contributed by atoms with Crippen molar-refractivity contribution in [3.05, 3.63) is 0 Å². The first-order valence-electron chi connectivity index (χ1n) is 7.04. The maximum absolute atomic E-state index is 11.5. The molecule has 5 heteroatoms. The van der Waals surface area contributed by atoms with Gasteiger partial charge in [-0.2, -0.15) is 5.26 Å². The van der Waals surface area contributed by atoms with Gasteiger partial charge in [-0.25, -0.2) is 4.79 Å². The van der Waals surface area contributed by atoms with Gasteiger partial charge in [0.25, 0.3) is 0 Å². The summed E-state index contributed by atoms with van der Waals surface area (Å²) in [7, 11) is 0. The summed E-state index contributed by atoms with van der Waals surface area (Å²) in [5.41, 5.74) is -0.229. The molecule has 0 aliphatic carbocycles. The molecular formula is C14H25N3O2. The van der Waals surface area contributed by atoms with Gasteiger partial charge in [-0.1, -0.05) is 0 Å². The van der Waals surface area contributed by atoms with Gasteiger partial charge in [-0.15, -0.1) is 0 Å². The van der Waals surface area contributed by atoms with Crippen molar-refractivity contribution < 1.29 is 9.53 Å². The molecule has 1 amide bonds. The summed E-state index contributed by atoms with van der Waals surface area (Å²) in [6.07, 6.45) is 1.74. The van der Waals surface area contributed by atoms with Crippen LogP contribution < -0.4 is 0 Å². The lowest BCUT2D eigenvalue weighted by Gasteiger charge is -2.34. The van der Waals surface area contributed by atoms with Crippen LogP contribution in [0.5, 0.6) is 0 Å². The summed E-state index contributed by atoms with van der Waals surface area (Å²) in [6.45, 7) is 10.5. The Balaban J connectivity index is 2.20. The molecule has 0 N–H and O–H groups in total. The molecule has 0 aromatic carbocycles. The van der Waals surface area contributed by atoms with Crippen molar-refractivity contribution in [2.45, 2.75) is 33.6 Å². The van der Waals surface area contributed by atoms with Crippen LogP contribution in [0.4, 0.5) is 4.79 Å². The number of ether oxygens (including phenoxy) is 1. The first-order chi connectivity index (χ1) is 8.98. The highest BCUT2D eigenvalue weighted by atomic mass is 16.6. The Morgan fingerprint density at radius 3 is 2.47 bits per heavy atom. The molecule has 19 heavy (non-hydrogen) atoms. The van der Waals surface area contributed by atoms with Gasteiger partial charge in [0, 0.05) is 26.2 Å². The first-order valence-corrected chi connectivity index (χ1v) is 7.04. The van der Waals surface area contributed by atoms with Crippen LogP contribution in [-0.4, -0.2) is 55.2 Å². The van der Waals surface area contributed by atoms with Crippen molar-refractivity contribution in [1.29, 1.82) is 5.26 Å². The molecule has 108 valence electrons. The smallest absolute Gasteiger partial charge is 0.409 e. The topological polar surface area (TPSA) is 56.6 Å². The molecule has 1 fully saturated rings. The Kier molecular flexibility index (Phi) is 6.10. The van der Waals surface area contributed by atoms with Crippen molar-refractivity contribution in [2.75, 3.05) is 39.3 Å². The van der Waals surface area contributed by atoms with Crippen molar-refractivity contribution in [1.82, 2.24) is 9.80 Å². The number of hydrogen-bond acceptors (Lipinski definition) is 4. The van der Waals surface area contributed by atoms with E-state index in [4.69, 9.17) is 10.00 Å². The molecule has 1 heterocycles. The minimum Gasteiger partial charge on any atom is -0.450 e. The third-order valence-electron chi connectivity index (χ3n) is 3.48. The second-order valence-corrected chi connectivity index (χ2v) is 5.63. The predicted octanol–water partition coefficient (Wildman–Crippen LogP) is 2.09. The number of nitrogens with zero attached hydrogens (tertiary/aromatic N) is 3. The molecule has 0 spiro atoms. The van der Waals surface area contributed by atoms with Gasteiger partial charge in [0.15, 0.2) is 0 Å². The Hall–Kier alpha value is -1.28. The normalized spacial score (nSPS) is 17.1. The third-order valence-corrected chi connectivity index (χ3v) is 3.48. The number of rotatable bonds is 5. The van der Waals surface area contributed by atoms with E-state index < -0.39 is 0 Å². The second kappa shape index (κ2) is 7.34. The van der Waals surface area contributed by atoms with E-state index in [1.165, 1.54) is 0 Å². The summed E-state index contributed by atoms with van der Waals surface area (Å²) in [6, 6.07) is 2.33. The van der Waals surface area contributed by atoms with Gasteiger partial charge in [0.05, 0.1) is 18.1 Å². The van der Waals surface area contributed by atoms with Crippen molar-refractivity contribution in [2.24, 2.45) is 5.41 Å². The molecule has 0 bridgehead atoms. The molecule has 5 nitrogen and oxygen atoms in total. The van der Waals surface area contributed by atoms with E-state index in [-0.39, 0.29) is 11.5 Å². The minimum absolute atomic E-state index is 0.201. The molecule has 1 saturated heterocycles. The molecule has 0 saturated carbocycles. The van der Waals surface area contributed by atoms with Crippen molar-refractivity contribution >= 4 is 6.09 Å². The first kappa shape index (κ1) is 15.8. The average Bonchev–Trinajstić information content (AvgIpc) is 2.39. The second-order valence-electron chi connectivity index (χ2n) is 5.63. The Bertz CT molecular complexity index is 328. The molecule has 0 aromatic rings. The maximum atomic E-state index is 11.5. The molecule has 0 aromatic heterocycles. The van der Waals surface area contributed by atoms with Gasteiger partial charge in [-0.05, 0) is 40.2 Å². The molecule has 0 unspecified atom stereocenters. The fraction of sp³-hybridized carbons (Fsp3) is 0.857. The SMILES string of the molecule is CCOC(=O)N1CCN(CCCC(C)(C)C#N)CC1. The standard InChI is InChI=1S/C14H25N3O2/c1-4-19-13(18)17-10-8-16(9-11-17)7-5-6-14(2,3)12-15/h4-11H2,1-3H3. The van der Waals surface area contributed by atoms with Gasteiger partial charge >= 0.3 is 6.09 Å². The summed E-state index contributed by atoms with van der Waals surface area (Å²) in [4.78, 5) is 15.7. The molecule has 1 rings (SSSR count). The van der Waals surface area contributed by atoms with E-state index in [1.54, 1.807) is 4.90 Å². The van der Waals surface area contributed by atoms with Gasteiger partial charge in [0.2, 0.25) is 0 Å². The van der Waals surface area contributed by atoms with Crippen molar-refractivity contribution in [3.63, 3.8) is 0 Å². The summed E-state index contributed by atoms with van der Waals surface area (Å²) in [5, 5.41) is 8.96. The van der Waals surface area contributed by atoms with Crippen LogP contribution in [0.25, 0.3) is 0 Å². The lowest BCUT2D eigenvalue weighted by Crippen LogP contribution is -2.49. The third kappa shape index (κ3) is 5.48. The van der Waals surface area contributed by atoms with E-state index in [1.807, 2.05) is 20.8 Å². The number of carbonyl (C=O) groups is 1. The number of carbonyl (C=O) groups excluding carboxylic acids is 1. The fourth-order valence-corrected chi connectivity index (χ4v) is 2.17.